The second kappa shape index (κ2) is 6.29. The van der Waals surface area contributed by atoms with Crippen LogP contribution in [0, 0.1) is 0 Å². The first-order valence-electron chi connectivity index (χ1n) is 8.01. The second-order valence-electron chi connectivity index (χ2n) is 6.67. The van der Waals surface area contributed by atoms with Crippen molar-refractivity contribution in [2.24, 2.45) is 0 Å². The van der Waals surface area contributed by atoms with E-state index in [1.165, 1.54) is 19.1 Å². The molecule has 2 aliphatic rings. The monoisotopic (exact) mass is 372 g/mol. The van der Waals surface area contributed by atoms with Gasteiger partial charge in [0.05, 0.1) is 4.90 Å². The third-order valence-electron chi connectivity index (χ3n) is 5.06. The van der Waals surface area contributed by atoms with E-state index >= 15 is 0 Å². The van der Waals surface area contributed by atoms with Crippen LogP contribution < -0.4 is 0 Å². The van der Waals surface area contributed by atoms with E-state index in [1.54, 1.807) is 12.1 Å². The van der Waals surface area contributed by atoms with Gasteiger partial charge >= 0.3 is 5.97 Å². The summed E-state index contributed by atoms with van der Waals surface area (Å²) in [6.07, 6.45) is 2.44. The molecular weight excluding hydrogens is 352 g/mol. The van der Waals surface area contributed by atoms with Crippen LogP contribution in [0.2, 0.25) is 5.02 Å². The smallest absolute Gasteiger partial charge is 0.324 e. The van der Waals surface area contributed by atoms with Crippen LogP contribution in [0.1, 0.15) is 26.2 Å². The van der Waals surface area contributed by atoms with Crippen LogP contribution in [0.3, 0.4) is 0 Å². The predicted molar refractivity (Wildman–Crippen MR) is 90.6 cm³/mol. The molecule has 2 fully saturated rings. The second-order valence-corrected chi connectivity index (χ2v) is 8.97. The number of benzene rings is 1. The molecule has 8 heteroatoms. The lowest BCUT2D eigenvalue weighted by Gasteiger charge is -2.29. The number of hydrogen-bond donors (Lipinski definition) is 1. The summed E-state index contributed by atoms with van der Waals surface area (Å²) in [5, 5.41) is 10.0. The van der Waals surface area contributed by atoms with Crippen molar-refractivity contribution in [1.29, 1.82) is 0 Å². The normalized spacial score (nSPS) is 29.2. The summed E-state index contributed by atoms with van der Waals surface area (Å²) in [7, 11) is -3.93. The quantitative estimate of drug-likeness (QED) is 0.875. The fraction of sp³-hybridized carbons (Fsp3) is 0.562. The number of sulfonamides is 1. The van der Waals surface area contributed by atoms with Gasteiger partial charge in [-0.25, -0.2) is 8.42 Å². The summed E-state index contributed by atoms with van der Waals surface area (Å²) in [5.74, 6) is -1.12. The van der Waals surface area contributed by atoms with Gasteiger partial charge in [0.15, 0.2) is 0 Å². The number of carbonyl (C=O) groups is 1. The lowest BCUT2D eigenvalue weighted by atomic mass is 9.98. The molecule has 132 valence electrons. The van der Waals surface area contributed by atoms with Gasteiger partial charge in [-0.05, 0) is 57.5 Å². The molecule has 0 aliphatic carbocycles. The van der Waals surface area contributed by atoms with Gasteiger partial charge in [0, 0.05) is 17.6 Å². The Morgan fingerprint density at radius 2 is 2.00 bits per heavy atom. The molecule has 0 radical (unpaired) electrons. The van der Waals surface area contributed by atoms with Crippen molar-refractivity contribution in [2.45, 2.75) is 42.7 Å². The van der Waals surface area contributed by atoms with Crippen LogP contribution in [-0.4, -0.2) is 59.9 Å². The highest BCUT2D eigenvalue weighted by Gasteiger charge is 2.54. The Kier molecular flexibility index (Phi) is 4.63. The van der Waals surface area contributed by atoms with Crippen molar-refractivity contribution in [1.82, 2.24) is 9.21 Å². The van der Waals surface area contributed by atoms with E-state index < -0.39 is 21.5 Å². The highest BCUT2D eigenvalue weighted by molar-refractivity contribution is 7.89. The van der Waals surface area contributed by atoms with Gasteiger partial charge in [-0.15, -0.1) is 0 Å². The highest BCUT2D eigenvalue weighted by Crippen LogP contribution is 2.38. The Morgan fingerprint density at radius 1 is 1.33 bits per heavy atom. The molecule has 2 heterocycles. The van der Waals surface area contributed by atoms with Crippen LogP contribution in [0.4, 0.5) is 0 Å². The van der Waals surface area contributed by atoms with E-state index in [4.69, 9.17) is 11.6 Å². The molecule has 2 aliphatic heterocycles. The summed E-state index contributed by atoms with van der Waals surface area (Å²) in [6.45, 7) is 3.47. The average molecular weight is 373 g/mol. The summed E-state index contributed by atoms with van der Waals surface area (Å²) >= 11 is 5.92. The van der Waals surface area contributed by atoms with E-state index in [-0.39, 0.29) is 17.5 Å². The average Bonchev–Trinajstić information content (AvgIpc) is 3.15. The van der Waals surface area contributed by atoms with E-state index in [9.17, 15) is 18.3 Å². The molecule has 2 saturated heterocycles. The minimum Gasteiger partial charge on any atom is -0.480 e. The Balaban J connectivity index is 1.98. The van der Waals surface area contributed by atoms with Gasteiger partial charge in [-0.2, -0.15) is 4.31 Å². The summed E-state index contributed by atoms with van der Waals surface area (Å²) in [5.41, 5.74) is -1.45. The maximum absolute atomic E-state index is 13.1. The molecule has 0 bridgehead atoms. The van der Waals surface area contributed by atoms with Gasteiger partial charge in [0.2, 0.25) is 10.0 Å². The molecular formula is C16H21ClN2O4S. The van der Waals surface area contributed by atoms with Crippen molar-refractivity contribution in [3.05, 3.63) is 29.3 Å². The Labute approximate surface area is 147 Å². The lowest BCUT2D eigenvalue weighted by Crippen LogP contribution is -2.50. The molecule has 1 aromatic rings. The topological polar surface area (TPSA) is 77.9 Å². The van der Waals surface area contributed by atoms with Crippen LogP contribution in [-0.2, 0) is 14.8 Å². The van der Waals surface area contributed by atoms with Crippen LogP contribution >= 0.6 is 11.6 Å². The van der Waals surface area contributed by atoms with Gasteiger partial charge in [0.1, 0.15) is 5.54 Å². The Bertz CT molecular complexity index is 748. The van der Waals surface area contributed by atoms with E-state index in [1.807, 2.05) is 0 Å². The van der Waals surface area contributed by atoms with Crippen molar-refractivity contribution >= 4 is 27.6 Å². The molecule has 0 aromatic heterocycles. The van der Waals surface area contributed by atoms with E-state index in [0.29, 0.717) is 11.4 Å². The fourth-order valence-corrected chi connectivity index (χ4v) is 5.77. The number of likely N-dealkylation sites (tertiary alicyclic amines) is 1. The molecule has 1 aromatic carbocycles. The summed E-state index contributed by atoms with van der Waals surface area (Å²) < 4.78 is 27.2. The number of carboxylic acid groups (broad SMARTS) is 1. The lowest BCUT2D eigenvalue weighted by molar-refractivity contribution is -0.146. The Morgan fingerprint density at radius 3 is 2.58 bits per heavy atom. The van der Waals surface area contributed by atoms with E-state index in [2.05, 4.69) is 4.90 Å². The SMILES string of the molecule is C[C@@]1(C(=O)O)C[C@@H](N2CCCC2)CN1S(=O)(=O)c1cccc(Cl)c1. The zero-order chi connectivity index (χ0) is 17.5. The van der Waals surface area contributed by atoms with Crippen LogP contribution in [0.5, 0.6) is 0 Å². The maximum Gasteiger partial charge on any atom is 0.324 e. The molecule has 1 N–H and O–H groups in total. The number of hydrogen-bond acceptors (Lipinski definition) is 4. The standard InChI is InChI=1S/C16H21ClN2O4S/c1-16(15(20)21)10-13(18-7-2-3-8-18)11-19(16)24(22,23)14-6-4-5-12(17)9-14/h4-6,9,13H,2-3,7-8,10-11H2,1H3,(H,20,21)/t13-,16+/m1/s1. The molecule has 6 nitrogen and oxygen atoms in total. The molecule has 0 saturated carbocycles. The first kappa shape index (κ1) is 17.7. The minimum absolute atomic E-state index is 0.0320. The van der Waals surface area contributed by atoms with Gasteiger partial charge < -0.3 is 5.11 Å². The first-order chi connectivity index (χ1) is 11.2. The van der Waals surface area contributed by atoms with Crippen molar-refractivity contribution < 1.29 is 18.3 Å². The van der Waals surface area contributed by atoms with Crippen LogP contribution in [0.15, 0.2) is 29.2 Å². The van der Waals surface area contributed by atoms with Gasteiger partial charge in [-0.3, -0.25) is 9.69 Å². The molecule has 24 heavy (non-hydrogen) atoms. The fourth-order valence-electron chi connectivity index (χ4n) is 3.68. The van der Waals surface area contributed by atoms with Crippen molar-refractivity contribution in [3.8, 4) is 0 Å². The molecule has 0 amide bonds. The number of nitrogens with zero attached hydrogens (tertiary/aromatic N) is 2. The van der Waals surface area contributed by atoms with Crippen molar-refractivity contribution in [2.75, 3.05) is 19.6 Å². The number of carboxylic acids is 1. The summed E-state index contributed by atoms with van der Waals surface area (Å²) in [4.78, 5) is 14.1. The van der Waals surface area contributed by atoms with Crippen molar-refractivity contribution in [3.63, 3.8) is 0 Å². The number of halogens is 1. The predicted octanol–water partition coefficient (Wildman–Crippen LogP) is 2.04. The van der Waals surface area contributed by atoms with Gasteiger partial charge in [-0.1, -0.05) is 17.7 Å². The molecule has 3 rings (SSSR count). The molecule has 2 atom stereocenters. The van der Waals surface area contributed by atoms with Crippen LogP contribution in [0.25, 0.3) is 0 Å². The third-order valence-corrected chi connectivity index (χ3v) is 7.28. The largest absolute Gasteiger partial charge is 0.480 e. The first-order valence-corrected chi connectivity index (χ1v) is 9.83. The third kappa shape index (κ3) is 2.94. The van der Waals surface area contributed by atoms with E-state index in [0.717, 1.165) is 30.2 Å². The molecule has 0 spiro atoms. The number of aliphatic carboxylic acids is 1. The minimum atomic E-state index is -3.93. The zero-order valence-electron chi connectivity index (χ0n) is 13.5. The molecule has 0 unspecified atom stereocenters. The maximum atomic E-state index is 13.1. The highest BCUT2D eigenvalue weighted by atomic mass is 35.5. The van der Waals surface area contributed by atoms with Gasteiger partial charge in [0.25, 0.3) is 0 Å². The Hall–Kier alpha value is -1.15. The number of rotatable bonds is 4. The zero-order valence-corrected chi connectivity index (χ0v) is 15.1. The summed E-state index contributed by atoms with van der Waals surface area (Å²) in [6, 6.07) is 5.90.